The summed E-state index contributed by atoms with van der Waals surface area (Å²) >= 11 is 0. The van der Waals surface area contributed by atoms with E-state index in [4.69, 9.17) is 0 Å². The van der Waals surface area contributed by atoms with Gasteiger partial charge in [-0.2, -0.15) is 0 Å². The van der Waals surface area contributed by atoms with Crippen molar-refractivity contribution < 1.29 is 13.9 Å². The maximum absolute atomic E-state index is 13.8. The SMILES string of the molecule is COC(=O)Cc1cccc(C(C)C)c1F. The van der Waals surface area contributed by atoms with E-state index in [2.05, 4.69) is 4.74 Å². The van der Waals surface area contributed by atoms with Gasteiger partial charge in [-0.1, -0.05) is 32.0 Å². The lowest BCUT2D eigenvalue weighted by Gasteiger charge is -2.10. The Morgan fingerprint density at radius 3 is 2.67 bits per heavy atom. The molecule has 0 N–H and O–H groups in total. The molecule has 1 aromatic carbocycles. The first-order chi connectivity index (χ1) is 7.06. The molecule has 0 aliphatic heterocycles. The molecule has 0 aliphatic carbocycles. The highest BCUT2D eigenvalue weighted by Crippen LogP contribution is 2.21. The van der Waals surface area contributed by atoms with E-state index in [0.29, 0.717) is 11.1 Å². The average Bonchev–Trinajstić information content (AvgIpc) is 2.20. The van der Waals surface area contributed by atoms with Crippen LogP contribution in [-0.2, 0) is 16.0 Å². The lowest BCUT2D eigenvalue weighted by molar-refractivity contribution is -0.139. The predicted octanol–water partition coefficient (Wildman–Crippen LogP) is 2.66. The van der Waals surface area contributed by atoms with Crippen LogP contribution in [0.15, 0.2) is 18.2 Å². The lowest BCUT2D eigenvalue weighted by atomic mass is 9.99. The molecule has 0 aliphatic rings. The minimum atomic E-state index is -0.421. The smallest absolute Gasteiger partial charge is 0.310 e. The highest BCUT2D eigenvalue weighted by Gasteiger charge is 2.13. The quantitative estimate of drug-likeness (QED) is 0.717. The summed E-state index contributed by atoms with van der Waals surface area (Å²) in [7, 11) is 1.30. The van der Waals surface area contributed by atoms with Gasteiger partial charge in [0.15, 0.2) is 0 Å². The van der Waals surface area contributed by atoms with E-state index in [0.717, 1.165) is 0 Å². The van der Waals surface area contributed by atoms with Crippen LogP contribution in [0.1, 0.15) is 30.9 Å². The summed E-state index contributed by atoms with van der Waals surface area (Å²) in [5.41, 5.74) is 1.03. The zero-order valence-corrected chi connectivity index (χ0v) is 9.21. The number of carbonyl (C=O) groups excluding carboxylic acids is 1. The van der Waals surface area contributed by atoms with Crippen LogP contribution in [0.4, 0.5) is 4.39 Å². The van der Waals surface area contributed by atoms with Gasteiger partial charge in [0.2, 0.25) is 0 Å². The normalized spacial score (nSPS) is 10.5. The minimum absolute atomic E-state index is 0.0110. The standard InChI is InChI=1S/C12H15FO2/c1-8(2)10-6-4-5-9(12(10)13)7-11(14)15-3/h4-6,8H,7H2,1-3H3. The Balaban J connectivity index is 2.99. The van der Waals surface area contributed by atoms with Crippen LogP contribution in [0.5, 0.6) is 0 Å². The predicted molar refractivity (Wildman–Crippen MR) is 56.2 cm³/mol. The number of rotatable bonds is 3. The molecule has 3 heteroatoms. The Hall–Kier alpha value is -1.38. The van der Waals surface area contributed by atoms with Gasteiger partial charge in [-0.25, -0.2) is 4.39 Å². The van der Waals surface area contributed by atoms with Gasteiger partial charge in [0.1, 0.15) is 5.82 Å². The number of methoxy groups -OCH3 is 1. The second kappa shape index (κ2) is 4.91. The second-order valence-electron chi connectivity index (χ2n) is 3.73. The third-order valence-corrected chi connectivity index (χ3v) is 2.29. The highest BCUT2D eigenvalue weighted by molar-refractivity contribution is 5.72. The average molecular weight is 210 g/mol. The molecule has 2 nitrogen and oxygen atoms in total. The van der Waals surface area contributed by atoms with Crippen LogP contribution in [0, 0.1) is 5.82 Å². The summed E-state index contributed by atoms with van der Waals surface area (Å²) in [4.78, 5) is 11.0. The van der Waals surface area contributed by atoms with Gasteiger partial charge in [-0.15, -0.1) is 0 Å². The molecule has 1 rings (SSSR count). The monoisotopic (exact) mass is 210 g/mol. The number of hydrogen-bond donors (Lipinski definition) is 0. The summed E-state index contributed by atoms with van der Waals surface area (Å²) in [5.74, 6) is -0.602. The Bertz CT molecular complexity index is 359. The molecule has 0 saturated heterocycles. The molecule has 0 atom stereocenters. The number of carbonyl (C=O) groups is 1. The van der Waals surface area contributed by atoms with Gasteiger partial charge >= 0.3 is 5.97 Å². The number of ether oxygens (including phenoxy) is 1. The Morgan fingerprint density at radius 2 is 2.13 bits per heavy atom. The largest absolute Gasteiger partial charge is 0.469 e. The number of benzene rings is 1. The molecule has 0 aromatic heterocycles. The third-order valence-electron chi connectivity index (χ3n) is 2.29. The summed E-state index contributed by atoms with van der Waals surface area (Å²) in [6, 6.07) is 5.11. The van der Waals surface area contributed by atoms with E-state index in [1.165, 1.54) is 7.11 Å². The van der Waals surface area contributed by atoms with Gasteiger partial charge in [0.05, 0.1) is 13.5 Å². The fourth-order valence-corrected chi connectivity index (χ4v) is 1.41. The van der Waals surface area contributed by atoms with Gasteiger partial charge in [-0.3, -0.25) is 4.79 Å². The fraction of sp³-hybridized carbons (Fsp3) is 0.417. The van der Waals surface area contributed by atoms with Crippen molar-refractivity contribution in [2.75, 3.05) is 7.11 Å². The Labute approximate surface area is 89.1 Å². The molecule has 0 fully saturated rings. The van der Waals surface area contributed by atoms with E-state index in [1.54, 1.807) is 18.2 Å². The van der Waals surface area contributed by atoms with Crippen molar-refractivity contribution in [2.24, 2.45) is 0 Å². The van der Waals surface area contributed by atoms with Crippen molar-refractivity contribution in [1.82, 2.24) is 0 Å². The molecule has 0 radical (unpaired) electrons. The topological polar surface area (TPSA) is 26.3 Å². The highest BCUT2D eigenvalue weighted by atomic mass is 19.1. The summed E-state index contributed by atoms with van der Waals surface area (Å²) in [6.07, 6.45) is -0.0110. The van der Waals surface area contributed by atoms with Crippen LogP contribution in [0.3, 0.4) is 0 Å². The molecular weight excluding hydrogens is 195 g/mol. The zero-order chi connectivity index (χ0) is 11.4. The third kappa shape index (κ3) is 2.78. The lowest BCUT2D eigenvalue weighted by Crippen LogP contribution is -2.07. The van der Waals surface area contributed by atoms with Crippen molar-refractivity contribution in [3.05, 3.63) is 35.1 Å². The molecule has 0 bridgehead atoms. The zero-order valence-electron chi connectivity index (χ0n) is 9.21. The first-order valence-electron chi connectivity index (χ1n) is 4.90. The van der Waals surface area contributed by atoms with Crippen LogP contribution >= 0.6 is 0 Å². The van der Waals surface area contributed by atoms with E-state index < -0.39 is 5.97 Å². The van der Waals surface area contributed by atoms with Crippen LogP contribution in [0.25, 0.3) is 0 Å². The maximum Gasteiger partial charge on any atom is 0.310 e. The van der Waals surface area contributed by atoms with Gasteiger partial charge < -0.3 is 4.74 Å². The number of hydrogen-bond acceptors (Lipinski definition) is 2. The van der Waals surface area contributed by atoms with E-state index >= 15 is 0 Å². The van der Waals surface area contributed by atoms with E-state index in [1.807, 2.05) is 13.8 Å². The molecule has 0 spiro atoms. The summed E-state index contributed by atoms with van der Waals surface area (Å²) < 4.78 is 18.3. The maximum atomic E-state index is 13.8. The van der Waals surface area contributed by atoms with Gasteiger partial charge in [0, 0.05) is 0 Å². The molecule has 1 aromatic rings. The van der Waals surface area contributed by atoms with E-state index in [9.17, 15) is 9.18 Å². The van der Waals surface area contributed by atoms with Crippen molar-refractivity contribution in [3.8, 4) is 0 Å². The van der Waals surface area contributed by atoms with Crippen molar-refractivity contribution in [2.45, 2.75) is 26.2 Å². The molecule has 15 heavy (non-hydrogen) atoms. The molecular formula is C12H15FO2. The molecule has 0 heterocycles. The molecule has 0 amide bonds. The van der Waals surface area contributed by atoms with Crippen molar-refractivity contribution >= 4 is 5.97 Å². The Morgan fingerprint density at radius 1 is 1.47 bits per heavy atom. The molecule has 0 saturated carbocycles. The van der Waals surface area contributed by atoms with Gasteiger partial charge in [0.25, 0.3) is 0 Å². The molecule has 82 valence electrons. The Kier molecular flexibility index (Phi) is 3.83. The van der Waals surface area contributed by atoms with E-state index in [-0.39, 0.29) is 18.2 Å². The first-order valence-corrected chi connectivity index (χ1v) is 4.90. The van der Waals surface area contributed by atoms with Gasteiger partial charge in [-0.05, 0) is 17.0 Å². The van der Waals surface area contributed by atoms with Crippen LogP contribution in [0.2, 0.25) is 0 Å². The first kappa shape index (κ1) is 11.7. The van der Waals surface area contributed by atoms with Crippen LogP contribution < -0.4 is 0 Å². The summed E-state index contributed by atoms with van der Waals surface area (Å²) in [6.45, 7) is 3.83. The van der Waals surface area contributed by atoms with Crippen LogP contribution in [-0.4, -0.2) is 13.1 Å². The number of esters is 1. The summed E-state index contributed by atoms with van der Waals surface area (Å²) in [5, 5.41) is 0. The van der Waals surface area contributed by atoms with Crippen molar-refractivity contribution in [3.63, 3.8) is 0 Å². The minimum Gasteiger partial charge on any atom is -0.469 e. The molecule has 0 unspecified atom stereocenters. The van der Waals surface area contributed by atoms with Crippen molar-refractivity contribution in [1.29, 1.82) is 0 Å². The second-order valence-corrected chi connectivity index (χ2v) is 3.73. The number of halogens is 1. The fourth-order valence-electron chi connectivity index (χ4n) is 1.41.